The Morgan fingerprint density at radius 3 is 2.31 bits per heavy atom. The second-order valence-corrected chi connectivity index (χ2v) is 6.27. The van der Waals surface area contributed by atoms with Gasteiger partial charge in [-0.15, -0.1) is 0 Å². The fraction of sp³-hybridized carbons (Fsp3) is 0.238. The van der Waals surface area contributed by atoms with Gasteiger partial charge in [0.15, 0.2) is 0 Å². The third-order valence-electron chi connectivity index (χ3n) is 4.45. The Hall–Kier alpha value is -3.68. The zero-order chi connectivity index (χ0) is 20.8. The fourth-order valence-corrected chi connectivity index (χ4v) is 2.99. The van der Waals surface area contributed by atoms with E-state index in [-0.39, 0.29) is 0 Å². The van der Waals surface area contributed by atoms with Crippen LogP contribution >= 0.6 is 0 Å². The molecule has 0 radical (unpaired) electrons. The molecule has 0 unspecified atom stereocenters. The number of nitrogens with one attached hydrogen (secondary N) is 2. The van der Waals surface area contributed by atoms with E-state index >= 15 is 0 Å². The van der Waals surface area contributed by atoms with Crippen LogP contribution in [0.1, 0.15) is 17.4 Å². The molecule has 0 aliphatic carbocycles. The van der Waals surface area contributed by atoms with Crippen LogP contribution in [0, 0.1) is 0 Å². The van der Waals surface area contributed by atoms with E-state index in [2.05, 4.69) is 15.6 Å². The molecule has 2 aromatic carbocycles. The molecule has 2 amide bonds. The number of ether oxygens (including phenoxy) is 3. The first-order valence-electron chi connectivity index (χ1n) is 8.96. The number of urea groups is 1. The monoisotopic (exact) mass is 396 g/mol. The number of aromatic nitrogens is 2. The Labute approximate surface area is 169 Å². The lowest BCUT2D eigenvalue weighted by molar-refractivity contribution is 0.249. The van der Waals surface area contributed by atoms with Gasteiger partial charge in [-0.3, -0.25) is 0 Å². The van der Waals surface area contributed by atoms with E-state index in [1.165, 1.54) is 0 Å². The molecule has 2 N–H and O–H groups in total. The molecule has 29 heavy (non-hydrogen) atoms. The summed E-state index contributed by atoms with van der Waals surface area (Å²) in [6, 6.07) is 11.7. The average Bonchev–Trinajstić information content (AvgIpc) is 3.17. The highest BCUT2D eigenvalue weighted by Crippen LogP contribution is 2.30. The number of imidazole rings is 1. The number of hydrogen-bond donors (Lipinski definition) is 2. The largest absolute Gasteiger partial charge is 0.497 e. The van der Waals surface area contributed by atoms with E-state index in [1.54, 1.807) is 45.7 Å². The van der Waals surface area contributed by atoms with E-state index in [0.29, 0.717) is 28.8 Å². The van der Waals surface area contributed by atoms with Gasteiger partial charge in [0.1, 0.15) is 29.1 Å². The smallest absolute Gasteiger partial charge is 0.320 e. The minimum atomic E-state index is -0.534. The molecule has 1 atom stereocenters. The summed E-state index contributed by atoms with van der Waals surface area (Å²) in [5, 5.41) is 5.80. The van der Waals surface area contributed by atoms with Crippen LogP contribution in [0.5, 0.6) is 17.2 Å². The number of benzene rings is 2. The molecule has 1 aromatic heterocycles. The summed E-state index contributed by atoms with van der Waals surface area (Å²) in [5.74, 6) is 2.46. The van der Waals surface area contributed by atoms with Crippen molar-refractivity contribution < 1.29 is 19.0 Å². The van der Waals surface area contributed by atoms with Crippen LogP contribution < -0.4 is 24.8 Å². The SMILES string of the molecule is COc1cc(OC)cc([C@@H](NC(=O)Nc2ccccc2OC)c2nccn2C)c1. The van der Waals surface area contributed by atoms with Gasteiger partial charge < -0.3 is 29.4 Å². The Morgan fingerprint density at radius 2 is 1.72 bits per heavy atom. The van der Waals surface area contributed by atoms with Gasteiger partial charge in [0, 0.05) is 25.5 Å². The maximum absolute atomic E-state index is 12.8. The van der Waals surface area contributed by atoms with Crippen molar-refractivity contribution in [2.45, 2.75) is 6.04 Å². The Morgan fingerprint density at radius 1 is 1.03 bits per heavy atom. The van der Waals surface area contributed by atoms with Crippen LogP contribution in [0.3, 0.4) is 0 Å². The number of nitrogens with zero attached hydrogens (tertiary/aromatic N) is 2. The van der Waals surface area contributed by atoms with Gasteiger partial charge in [-0.25, -0.2) is 9.78 Å². The van der Waals surface area contributed by atoms with Crippen molar-refractivity contribution in [2.75, 3.05) is 26.6 Å². The molecule has 3 rings (SSSR count). The van der Waals surface area contributed by atoms with Gasteiger partial charge >= 0.3 is 6.03 Å². The summed E-state index contributed by atoms with van der Waals surface area (Å²) in [6.45, 7) is 0. The molecule has 8 nitrogen and oxygen atoms in total. The number of rotatable bonds is 7. The first-order valence-corrected chi connectivity index (χ1v) is 8.96. The molecule has 3 aromatic rings. The third-order valence-corrected chi connectivity index (χ3v) is 4.45. The molecular formula is C21H24N4O4. The van der Waals surface area contributed by atoms with Gasteiger partial charge in [-0.2, -0.15) is 0 Å². The minimum Gasteiger partial charge on any atom is -0.497 e. The number of carbonyl (C=O) groups excluding carboxylic acids is 1. The normalized spacial score (nSPS) is 11.4. The highest BCUT2D eigenvalue weighted by Gasteiger charge is 2.23. The van der Waals surface area contributed by atoms with Gasteiger partial charge in [0.25, 0.3) is 0 Å². The second kappa shape index (κ2) is 9.01. The molecule has 0 saturated carbocycles. The number of methoxy groups -OCH3 is 3. The lowest BCUT2D eigenvalue weighted by atomic mass is 10.1. The molecule has 1 heterocycles. The van der Waals surface area contributed by atoms with Crippen molar-refractivity contribution in [1.29, 1.82) is 0 Å². The molecule has 0 bridgehead atoms. The third kappa shape index (κ3) is 4.60. The van der Waals surface area contributed by atoms with Crippen molar-refractivity contribution in [3.05, 3.63) is 66.2 Å². The highest BCUT2D eigenvalue weighted by molar-refractivity contribution is 5.91. The molecule has 0 saturated heterocycles. The predicted molar refractivity (Wildman–Crippen MR) is 110 cm³/mol. The van der Waals surface area contributed by atoms with Crippen LogP contribution in [-0.2, 0) is 7.05 Å². The zero-order valence-corrected chi connectivity index (χ0v) is 16.8. The molecule has 0 spiro atoms. The molecule has 8 heteroatoms. The lowest BCUT2D eigenvalue weighted by Crippen LogP contribution is -2.34. The predicted octanol–water partition coefficient (Wildman–Crippen LogP) is 3.36. The fourth-order valence-electron chi connectivity index (χ4n) is 2.99. The van der Waals surface area contributed by atoms with Crippen molar-refractivity contribution in [1.82, 2.24) is 14.9 Å². The second-order valence-electron chi connectivity index (χ2n) is 6.27. The van der Waals surface area contributed by atoms with E-state index in [0.717, 1.165) is 5.56 Å². The average molecular weight is 396 g/mol. The number of amides is 2. The van der Waals surface area contributed by atoms with Crippen molar-refractivity contribution >= 4 is 11.7 Å². The summed E-state index contributed by atoms with van der Waals surface area (Å²) < 4.78 is 17.9. The van der Waals surface area contributed by atoms with E-state index in [1.807, 2.05) is 42.1 Å². The standard InChI is InChI=1S/C21H24N4O4/c1-25-10-9-22-20(25)19(14-11-15(27-2)13-16(12-14)28-3)24-21(26)23-17-7-5-6-8-18(17)29-4/h5-13,19H,1-4H3,(H2,23,24,26)/t19-/m1/s1. The number of para-hydroxylation sites is 2. The number of anilines is 1. The first kappa shape index (κ1) is 20.1. The van der Waals surface area contributed by atoms with Crippen molar-refractivity contribution in [3.63, 3.8) is 0 Å². The maximum atomic E-state index is 12.8. The summed E-state index contributed by atoms with van der Waals surface area (Å²) in [5.41, 5.74) is 1.33. The minimum absolute atomic E-state index is 0.399. The van der Waals surface area contributed by atoms with Gasteiger partial charge in [0.2, 0.25) is 0 Å². The Bertz CT molecular complexity index is 964. The van der Waals surface area contributed by atoms with Crippen molar-refractivity contribution in [3.8, 4) is 17.2 Å². The number of carbonyl (C=O) groups is 1. The van der Waals surface area contributed by atoms with Crippen LogP contribution in [-0.4, -0.2) is 36.9 Å². The van der Waals surface area contributed by atoms with Crippen LogP contribution in [0.25, 0.3) is 0 Å². The molecule has 152 valence electrons. The zero-order valence-electron chi connectivity index (χ0n) is 16.8. The lowest BCUT2D eigenvalue weighted by Gasteiger charge is -2.21. The molecule has 0 aliphatic rings. The van der Waals surface area contributed by atoms with Crippen molar-refractivity contribution in [2.24, 2.45) is 7.05 Å². The number of aryl methyl sites for hydroxylation is 1. The van der Waals surface area contributed by atoms with Crippen LogP contribution in [0.2, 0.25) is 0 Å². The molecule has 0 fully saturated rings. The molecular weight excluding hydrogens is 372 g/mol. The summed E-state index contributed by atoms with van der Waals surface area (Å²) >= 11 is 0. The Balaban J connectivity index is 1.93. The van der Waals surface area contributed by atoms with Crippen LogP contribution in [0.4, 0.5) is 10.5 Å². The van der Waals surface area contributed by atoms with Gasteiger partial charge in [0.05, 0.1) is 27.0 Å². The quantitative estimate of drug-likeness (QED) is 0.640. The summed E-state index contributed by atoms with van der Waals surface area (Å²) in [7, 11) is 6.58. The topological polar surface area (TPSA) is 86.6 Å². The summed E-state index contributed by atoms with van der Waals surface area (Å²) in [4.78, 5) is 17.2. The first-order chi connectivity index (χ1) is 14.0. The highest BCUT2D eigenvalue weighted by atomic mass is 16.5. The van der Waals surface area contributed by atoms with E-state index in [4.69, 9.17) is 14.2 Å². The van der Waals surface area contributed by atoms with E-state index < -0.39 is 12.1 Å². The summed E-state index contributed by atoms with van der Waals surface area (Å²) in [6.07, 6.45) is 3.50. The van der Waals surface area contributed by atoms with Gasteiger partial charge in [-0.05, 0) is 29.8 Å². The van der Waals surface area contributed by atoms with Crippen LogP contribution in [0.15, 0.2) is 54.9 Å². The molecule has 0 aliphatic heterocycles. The van der Waals surface area contributed by atoms with E-state index in [9.17, 15) is 4.79 Å². The maximum Gasteiger partial charge on any atom is 0.320 e. The van der Waals surface area contributed by atoms with Gasteiger partial charge in [-0.1, -0.05) is 12.1 Å². The Kier molecular flexibility index (Phi) is 6.23. The number of hydrogen-bond acceptors (Lipinski definition) is 5.